The third-order valence-electron chi connectivity index (χ3n) is 5.00. The topological polar surface area (TPSA) is 101 Å². The second-order valence-electron chi connectivity index (χ2n) is 6.84. The van der Waals surface area contributed by atoms with E-state index in [-0.39, 0.29) is 36.1 Å². The monoisotopic (exact) mass is 405 g/mol. The lowest BCUT2D eigenvalue weighted by Crippen LogP contribution is -2.50. The van der Waals surface area contributed by atoms with Gasteiger partial charge in [-0.3, -0.25) is 9.59 Å². The zero-order valence-corrected chi connectivity index (χ0v) is 17.0. The van der Waals surface area contributed by atoms with E-state index in [1.165, 1.54) is 35.5 Å². The Morgan fingerprint density at radius 1 is 1.07 bits per heavy atom. The molecule has 1 aliphatic heterocycles. The summed E-state index contributed by atoms with van der Waals surface area (Å²) in [5.41, 5.74) is 1.94. The van der Waals surface area contributed by atoms with Crippen molar-refractivity contribution in [3.05, 3.63) is 46.8 Å². The van der Waals surface area contributed by atoms with Crippen LogP contribution in [0.5, 0.6) is 0 Å². The molecule has 9 heteroatoms. The van der Waals surface area contributed by atoms with E-state index < -0.39 is 10.0 Å². The zero-order chi connectivity index (χ0) is 20.5. The van der Waals surface area contributed by atoms with Gasteiger partial charge in [0.15, 0.2) is 5.78 Å². The number of hydrogen-bond acceptors (Lipinski definition) is 6. The van der Waals surface area contributed by atoms with Gasteiger partial charge in [-0.25, -0.2) is 8.42 Å². The van der Waals surface area contributed by atoms with Gasteiger partial charge >= 0.3 is 0 Å². The maximum atomic E-state index is 12.8. The molecule has 1 saturated heterocycles. The summed E-state index contributed by atoms with van der Waals surface area (Å²) < 4.78 is 32.1. The molecule has 1 aromatic carbocycles. The summed E-state index contributed by atoms with van der Waals surface area (Å²) in [7, 11) is -3.66. The molecule has 1 aromatic heterocycles. The van der Waals surface area contributed by atoms with Gasteiger partial charge in [0.25, 0.3) is 0 Å². The highest BCUT2D eigenvalue weighted by molar-refractivity contribution is 7.89. The molecule has 0 N–H and O–H groups in total. The smallest absolute Gasteiger partial charge is 0.243 e. The van der Waals surface area contributed by atoms with Crippen LogP contribution in [-0.2, 0) is 21.2 Å². The molecule has 2 aromatic rings. The van der Waals surface area contributed by atoms with E-state index in [0.29, 0.717) is 30.1 Å². The highest BCUT2D eigenvalue weighted by Gasteiger charge is 2.30. The number of ketones is 1. The van der Waals surface area contributed by atoms with Gasteiger partial charge in [0.2, 0.25) is 15.9 Å². The van der Waals surface area contributed by atoms with E-state index in [1.54, 1.807) is 18.7 Å². The predicted octanol–water partition coefficient (Wildman–Crippen LogP) is 1.57. The van der Waals surface area contributed by atoms with Crippen LogP contribution in [0, 0.1) is 13.8 Å². The molecule has 150 valence electrons. The second-order valence-corrected chi connectivity index (χ2v) is 8.78. The first kappa shape index (κ1) is 20.2. The zero-order valence-electron chi connectivity index (χ0n) is 16.1. The highest BCUT2D eigenvalue weighted by atomic mass is 32.2. The average molecular weight is 405 g/mol. The van der Waals surface area contributed by atoms with Crippen LogP contribution in [0.3, 0.4) is 0 Å². The first-order valence-electron chi connectivity index (χ1n) is 9.01. The predicted molar refractivity (Wildman–Crippen MR) is 101 cm³/mol. The van der Waals surface area contributed by atoms with Crippen molar-refractivity contribution in [1.29, 1.82) is 0 Å². The number of aromatic nitrogens is 1. The normalized spacial score (nSPS) is 15.6. The standard InChI is InChI=1S/C19H23N3O5S/c1-13-18(15(3)27-20-13)12-19(24)21-8-10-22(11-9-21)28(25,26)17-6-4-16(5-7-17)14(2)23/h4-7H,8-12H2,1-3H3. The van der Waals surface area contributed by atoms with E-state index >= 15 is 0 Å². The summed E-state index contributed by atoms with van der Waals surface area (Å²) in [6.45, 7) is 6.10. The Bertz CT molecular complexity index is 968. The molecule has 0 atom stereocenters. The number of piperazine rings is 1. The van der Waals surface area contributed by atoms with E-state index in [2.05, 4.69) is 5.16 Å². The average Bonchev–Trinajstić information content (AvgIpc) is 3.00. The van der Waals surface area contributed by atoms with E-state index in [1.807, 2.05) is 0 Å². The Labute approximate surface area is 164 Å². The number of benzene rings is 1. The fourth-order valence-corrected chi connectivity index (χ4v) is 4.63. The maximum absolute atomic E-state index is 12.8. The molecule has 0 radical (unpaired) electrons. The van der Waals surface area contributed by atoms with Gasteiger partial charge in [-0.1, -0.05) is 17.3 Å². The van der Waals surface area contributed by atoms with Crippen molar-refractivity contribution in [2.75, 3.05) is 26.2 Å². The molecule has 0 aliphatic carbocycles. The lowest BCUT2D eigenvalue weighted by atomic mass is 10.1. The van der Waals surface area contributed by atoms with Gasteiger partial charge in [0, 0.05) is 37.3 Å². The third-order valence-corrected chi connectivity index (χ3v) is 6.91. The number of carbonyl (C=O) groups excluding carboxylic acids is 2. The van der Waals surface area contributed by atoms with Crippen LogP contribution in [0.1, 0.15) is 34.3 Å². The number of aryl methyl sites for hydroxylation is 2. The van der Waals surface area contributed by atoms with Crippen LogP contribution < -0.4 is 0 Å². The van der Waals surface area contributed by atoms with Gasteiger partial charge < -0.3 is 9.42 Å². The van der Waals surface area contributed by atoms with Crippen LogP contribution in [0.2, 0.25) is 0 Å². The molecule has 0 bridgehead atoms. The van der Waals surface area contributed by atoms with Crippen molar-refractivity contribution in [3.63, 3.8) is 0 Å². The first-order chi connectivity index (χ1) is 13.2. The number of hydrogen-bond donors (Lipinski definition) is 0. The Hall–Kier alpha value is -2.52. The summed E-state index contributed by atoms with van der Waals surface area (Å²) in [5.74, 6) is 0.438. The largest absolute Gasteiger partial charge is 0.361 e. The van der Waals surface area contributed by atoms with Crippen molar-refractivity contribution in [2.45, 2.75) is 32.1 Å². The van der Waals surface area contributed by atoms with Crippen LogP contribution in [-0.4, -0.2) is 60.6 Å². The summed E-state index contributed by atoms with van der Waals surface area (Å²) in [6.07, 6.45) is 0.195. The van der Waals surface area contributed by atoms with E-state index in [9.17, 15) is 18.0 Å². The Morgan fingerprint density at radius 2 is 1.68 bits per heavy atom. The molecule has 1 amide bonds. The molecular formula is C19H23N3O5S. The van der Waals surface area contributed by atoms with Crippen molar-refractivity contribution >= 4 is 21.7 Å². The summed E-state index contributed by atoms with van der Waals surface area (Å²) >= 11 is 0. The SMILES string of the molecule is CC(=O)c1ccc(S(=O)(=O)N2CCN(C(=O)Cc3c(C)noc3C)CC2)cc1. The number of sulfonamides is 1. The second kappa shape index (κ2) is 7.84. The molecule has 0 saturated carbocycles. The molecule has 8 nitrogen and oxygen atoms in total. The molecule has 0 spiro atoms. The summed E-state index contributed by atoms with van der Waals surface area (Å²) in [4.78, 5) is 25.7. The number of nitrogens with zero attached hydrogens (tertiary/aromatic N) is 3. The first-order valence-corrected chi connectivity index (χ1v) is 10.4. The van der Waals surface area contributed by atoms with E-state index in [0.717, 1.165) is 5.56 Å². The van der Waals surface area contributed by atoms with Crippen LogP contribution >= 0.6 is 0 Å². The summed E-state index contributed by atoms with van der Waals surface area (Å²) in [5, 5.41) is 3.85. The van der Waals surface area contributed by atoms with Gasteiger partial charge in [0.1, 0.15) is 5.76 Å². The number of rotatable bonds is 5. The van der Waals surface area contributed by atoms with Gasteiger partial charge in [-0.15, -0.1) is 0 Å². The Kier molecular flexibility index (Phi) is 5.66. The van der Waals surface area contributed by atoms with Gasteiger partial charge in [0.05, 0.1) is 17.0 Å². The molecular weight excluding hydrogens is 382 g/mol. The summed E-state index contributed by atoms with van der Waals surface area (Å²) in [6, 6.07) is 5.92. The minimum absolute atomic E-state index is 0.0720. The fourth-order valence-electron chi connectivity index (χ4n) is 3.21. The highest BCUT2D eigenvalue weighted by Crippen LogP contribution is 2.20. The molecule has 0 unspecified atom stereocenters. The quantitative estimate of drug-likeness (QED) is 0.700. The van der Waals surface area contributed by atoms with Crippen molar-refractivity contribution < 1.29 is 22.5 Å². The molecule has 3 rings (SSSR count). The molecule has 28 heavy (non-hydrogen) atoms. The van der Waals surface area contributed by atoms with Crippen LogP contribution in [0.15, 0.2) is 33.7 Å². The third kappa shape index (κ3) is 4.00. The van der Waals surface area contributed by atoms with Gasteiger partial charge in [-0.2, -0.15) is 4.31 Å². The van der Waals surface area contributed by atoms with Crippen molar-refractivity contribution in [1.82, 2.24) is 14.4 Å². The molecule has 2 heterocycles. The molecule has 1 aliphatic rings. The fraction of sp³-hybridized carbons (Fsp3) is 0.421. The minimum atomic E-state index is -3.66. The van der Waals surface area contributed by atoms with Gasteiger partial charge in [-0.05, 0) is 32.9 Å². The van der Waals surface area contributed by atoms with Crippen molar-refractivity contribution in [2.24, 2.45) is 0 Å². The lowest BCUT2D eigenvalue weighted by Gasteiger charge is -2.34. The van der Waals surface area contributed by atoms with E-state index in [4.69, 9.17) is 4.52 Å². The number of amides is 1. The molecule has 1 fully saturated rings. The van der Waals surface area contributed by atoms with Crippen molar-refractivity contribution in [3.8, 4) is 0 Å². The Balaban J connectivity index is 1.64. The number of Topliss-reactive ketones (excluding diaryl/α,β-unsaturated/α-hetero) is 1. The lowest BCUT2D eigenvalue weighted by molar-refractivity contribution is -0.131. The number of carbonyl (C=O) groups is 2. The minimum Gasteiger partial charge on any atom is -0.361 e. The maximum Gasteiger partial charge on any atom is 0.243 e. The Morgan fingerprint density at radius 3 is 2.18 bits per heavy atom. The van der Waals surface area contributed by atoms with Crippen LogP contribution in [0.25, 0.3) is 0 Å². The van der Waals surface area contributed by atoms with Crippen LogP contribution in [0.4, 0.5) is 0 Å².